The molecule has 0 N–H and O–H groups in total. The first-order valence-electron chi connectivity index (χ1n) is 11.2. The Morgan fingerprint density at radius 2 is 1.15 bits per heavy atom. The Morgan fingerprint density at radius 3 is 1.62 bits per heavy atom. The van der Waals surface area contributed by atoms with Gasteiger partial charge in [-0.2, -0.15) is 0 Å². The maximum Gasteiger partial charge on any atom is 0.333 e. The summed E-state index contributed by atoms with van der Waals surface area (Å²) in [5, 5.41) is 0. The molecule has 0 aromatic rings. The minimum absolute atomic E-state index is 0.261. The van der Waals surface area contributed by atoms with Crippen molar-refractivity contribution < 1.29 is 9.53 Å². The molecule has 0 aromatic carbocycles. The van der Waals surface area contributed by atoms with Crippen LogP contribution < -0.4 is 0 Å². The van der Waals surface area contributed by atoms with Crippen molar-refractivity contribution in [3.05, 3.63) is 12.2 Å². The van der Waals surface area contributed by atoms with E-state index in [2.05, 4.69) is 25.3 Å². The third-order valence-corrected chi connectivity index (χ3v) is 4.86. The van der Waals surface area contributed by atoms with Gasteiger partial charge in [0.05, 0.1) is 6.61 Å². The molecule has 3 heteroatoms. The van der Waals surface area contributed by atoms with Gasteiger partial charge in [-0.15, -0.1) is 0 Å². The summed E-state index contributed by atoms with van der Waals surface area (Å²) in [5.74, 6) is -0.261. The van der Waals surface area contributed by atoms with E-state index in [4.69, 9.17) is 4.74 Å². The molecule has 0 aliphatic rings. The number of hydrogen-bond acceptors (Lipinski definition) is 3. The number of carbonyl (C=O) groups is 1. The molecule has 0 aromatic heterocycles. The maximum atomic E-state index is 11.4. The molecule has 0 aliphatic carbocycles. The van der Waals surface area contributed by atoms with E-state index in [9.17, 15) is 4.79 Å². The van der Waals surface area contributed by atoms with E-state index in [1.54, 1.807) is 6.92 Å². The van der Waals surface area contributed by atoms with Crippen LogP contribution in [0.2, 0.25) is 0 Å². The zero-order valence-electron chi connectivity index (χ0n) is 18.0. The van der Waals surface area contributed by atoms with Crippen LogP contribution in [0.25, 0.3) is 0 Å². The average Bonchev–Trinajstić information content (AvgIpc) is 2.63. The van der Waals surface area contributed by atoms with Gasteiger partial charge in [-0.3, -0.25) is 0 Å². The monoisotopic (exact) mass is 367 g/mol. The third kappa shape index (κ3) is 16.6. The van der Waals surface area contributed by atoms with Crippen molar-refractivity contribution in [2.24, 2.45) is 0 Å². The lowest BCUT2D eigenvalue weighted by molar-refractivity contribution is -0.139. The fraction of sp³-hybridized carbons (Fsp3) is 0.870. The highest BCUT2D eigenvalue weighted by Crippen LogP contribution is 2.09. The molecule has 0 heterocycles. The van der Waals surface area contributed by atoms with Crippen molar-refractivity contribution in [1.82, 2.24) is 4.90 Å². The lowest BCUT2D eigenvalue weighted by Gasteiger charge is -2.22. The summed E-state index contributed by atoms with van der Waals surface area (Å²) in [6.45, 7) is 13.8. The number of unbranched alkanes of at least 4 members (excludes halogenated alkanes) is 10. The van der Waals surface area contributed by atoms with Crippen molar-refractivity contribution in [2.45, 2.75) is 104 Å². The van der Waals surface area contributed by atoms with Crippen LogP contribution in [-0.2, 0) is 9.53 Å². The number of esters is 1. The Hall–Kier alpha value is -0.830. The molecular weight excluding hydrogens is 322 g/mol. The molecule has 0 spiro atoms. The lowest BCUT2D eigenvalue weighted by atomic mass is 10.1. The van der Waals surface area contributed by atoms with E-state index in [0.29, 0.717) is 12.2 Å². The summed E-state index contributed by atoms with van der Waals surface area (Å²) in [7, 11) is 0. The molecule has 3 nitrogen and oxygen atoms in total. The van der Waals surface area contributed by atoms with Crippen molar-refractivity contribution in [3.8, 4) is 0 Å². The van der Waals surface area contributed by atoms with Gasteiger partial charge >= 0.3 is 5.97 Å². The Bertz CT molecular complexity index is 325. The first kappa shape index (κ1) is 25.2. The van der Waals surface area contributed by atoms with Gasteiger partial charge in [0.2, 0.25) is 0 Å². The zero-order valence-corrected chi connectivity index (χ0v) is 18.0. The molecule has 0 saturated heterocycles. The van der Waals surface area contributed by atoms with Gasteiger partial charge in [-0.25, -0.2) is 4.79 Å². The van der Waals surface area contributed by atoms with Gasteiger partial charge < -0.3 is 9.64 Å². The first-order valence-corrected chi connectivity index (χ1v) is 11.2. The van der Waals surface area contributed by atoms with Crippen molar-refractivity contribution >= 4 is 5.97 Å². The quantitative estimate of drug-likeness (QED) is 0.148. The highest BCUT2D eigenvalue weighted by atomic mass is 16.5. The Labute approximate surface area is 163 Å². The Morgan fingerprint density at radius 1 is 0.731 bits per heavy atom. The highest BCUT2D eigenvalue weighted by molar-refractivity contribution is 5.86. The largest absolute Gasteiger partial charge is 0.462 e. The summed E-state index contributed by atoms with van der Waals surface area (Å²) in [6.07, 6.45) is 17.1. The minimum atomic E-state index is -0.261. The molecule has 0 bridgehead atoms. The summed E-state index contributed by atoms with van der Waals surface area (Å²) in [6, 6.07) is 0. The summed E-state index contributed by atoms with van der Waals surface area (Å²) < 4.78 is 5.23. The van der Waals surface area contributed by atoms with Crippen LogP contribution in [0.5, 0.6) is 0 Å². The second kappa shape index (κ2) is 18.9. The van der Waals surface area contributed by atoms with Crippen LogP contribution in [0.1, 0.15) is 104 Å². The van der Waals surface area contributed by atoms with Crippen LogP contribution in [-0.4, -0.2) is 37.1 Å². The van der Waals surface area contributed by atoms with E-state index in [-0.39, 0.29) is 5.97 Å². The maximum absolute atomic E-state index is 11.4. The standard InChI is InChI=1S/C23H45NO2/c1-5-7-9-11-13-15-18-24(19-16-14-12-10-8-6-2)20-17-21-26-23(25)22(3)4/h3,5-21H2,1-2,4H3. The van der Waals surface area contributed by atoms with Crippen molar-refractivity contribution in [2.75, 3.05) is 26.2 Å². The number of ether oxygens (including phenoxy) is 1. The fourth-order valence-corrected chi connectivity index (χ4v) is 3.14. The predicted molar refractivity (Wildman–Crippen MR) is 114 cm³/mol. The molecule has 0 atom stereocenters. The van der Waals surface area contributed by atoms with Gasteiger partial charge in [-0.05, 0) is 39.3 Å². The molecule has 0 rings (SSSR count). The van der Waals surface area contributed by atoms with Gasteiger partial charge in [0, 0.05) is 12.1 Å². The van der Waals surface area contributed by atoms with Gasteiger partial charge in [-0.1, -0.05) is 84.6 Å². The number of rotatable bonds is 19. The van der Waals surface area contributed by atoms with E-state index < -0.39 is 0 Å². The summed E-state index contributed by atoms with van der Waals surface area (Å²) in [5.41, 5.74) is 0.487. The highest BCUT2D eigenvalue weighted by Gasteiger charge is 2.07. The average molecular weight is 368 g/mol. The van der Waals surface area contributed by atoms with Gasteiger partial charge in [0.15, 0.2) is 0 Å². The van der Waals surface area contributed by atoms with E-state index >= 15 is 0 Å². The van der Waals surface area contributed by atoms with Crippen LogP contribution >= 0.6 is 0 Å². The summed E-state index contributed by atoms with van der Waals surface area (Å²) in [4.78, 5) is 14.0. The first-order chi connectivity index (χ1) is 12.6. The lowest BCUT2D eigenvalue weighted by Crippen LogP contribution is -2.28. The van der Waals surface area contributed by atoms with Gasteiger partial charge in [0.25, 0.3) is 0 Å². The normalized spacial score (nSPS) is 11.1. The smallest absolute Gasteiger partial charge is 0.333 e. The Kier molecular flexibility index (Phi) is 18.3. The topological polar surface area (TPSA) is 29.5 Å². The third-order valence-electron chi connectivity index (χ3n) is 4.86. The molecule has 0 aliphatic heterocycles. The predicted octanol–water partition coefficient (Wildman–Crippen LogP) is 6.52. The zero-order chi connectivity index (χ0) is 19.5. The van der Waals surface area contributed by atoms with E-state index in [0.717, 1.165) is 13.0 Å². The molecule has 0 radical (unpaired) electrons. The second-order valence-corrected chi connectivity index (χ2v) is 7.65. The number of carbonyl (C=O) groups excluding carboxylic acids is 1. The molecule has 0 unspecified atom stereocenters. The fourth-order valence-electron chi connectivity index (χ4n) is 3.14. The molecule has 0 amide bonds. The van der Waals surface area contributed by atoms with Gasteiger partial charge in [0.1, 0.15) is 0 Å². The molecule has 154 valence electrons. The summed E-state index contributed by atoms with van der Waals surface area (Å²) >= 11 is 0. The van der Waals surface area contributed by atoms with Crippen molar-refractivity contribution in [1.29, 1.82) is 0 Å². The second-order valence-electron chi connectivity index (χ2n) is 7.65. The number of hydrogen-bond donors (Lipinski definition) is 0. The van der Waals surface area contributed by atoms with Crippen LogP contribution in [0.3, 0.4) is 0 Å². The minimum Gasteiger partial charge on any atom is -0.462 e. The van der Waals surface area contributed by atoms with E-state index in [1.807, 2.05) is 0 Å². The molecule has 0 fully saturated rings. The molecule has 0 saturated carbocycles. The van der Waals surface area contributed by atoms with Crippen LogP contribution in [0.4, 0.5) is 0 Å². The molecule has 26 heavy (non-hydrogen) atoms. The van der Waals surface area contributed by atoms with Crippen molar-refractivity contribution in [3.63, 3.8) is 0 Å². The number of nitrogens with zero attached hydrogens (tertiary/aromatic N) is 1. The molecular formula is C23H45NO2. The van der Waals surface area contributed by atoms with E-state index in [1.165, 1.54) is 90.1 Å². The Balaban J connectivity index is 3.94. The van der Waals surface area contributed by atoms with Crippen LogP contribution in [0, 0.1) is 0 Å². The van der Waals surface area contributed by atoms with Crippen LogP contribution in [0.15, 0.2) is 12.2 Å². The SMILES string of the molecule is C=C(C)C(=O)OCCCN(CCCCCCCC)CCCCCCCC.